The fourth-order valence-electron chi connectivity index (χ4n) is 3.21. The van der Waals surface area contributed by atoms with Gasteiger partial charge in [-0.2, -0.15) is 0 Å². The molecule has 2 heterocycles. The van der Waals surface area contributed by atoms with E-state index in [-0.39, 0.29) is 11.8 Å². The van der Waals surface area contributed by atoms with Gasteiger partial charge in [-0.15, -0.1) is 0 Å². The Labute approximate surface area is 167 Å². The summed E-state index contributed by atoms with van der Waals surface area (Å²) in [4.78, 5) is 29.3. The Kier molecular flexibility index (Phi) is 7.46. The van der Waals surface area contributed by atoms with Gasteiger partial charge in [-0.25, -0.2) is 4.79 Å². The van der Waals surface area contributed by atoms with Crippen LogP contribution >= 0.6 is 0 Å². The minimum absolute atomic E-state index is 0.0449. The van der Waals surface area contributed by atoms with Crippen molar-refractivity contribution in [2.45, 2.75) is 66.2 Å². The molecule has 0 aliphatic carbocycles. The largest absolute Gasteiger partial charge is 0.444 e. The van der Waals surface area contributed by atoms with Crippen molar-refractivity contribution in [3.05, 3.63) is 17.5 Å². The smallest absolute Gasteiger partial charge is 0.408 e. The molecule has 8 nitrogen and oxygen atoms in total. The molecule has 2 amide bonds. The number of ether oxygens (including phenoxy) is 1. The normalized spacial score (nSPS) is 16.9. The molecule has 1 aliphatic rings. The molecule has 0 spiro atoms. The molecule has 0 saturated carbocycles. The monoisotopic (exact) mass is 394 g/mol. The van der Waals surface area contributed by atoms with Gasteiger partial charge in [0.15, 0.2) is 0 Å². The van der Waals surface area contributed by atoms with Crippen LogP contribution in [0, 0.1) is 12.8 Å². The molecule has 1 atom stereocenters. The van der Waals surface area contributed by atoms with E-state index in [2.05, 4.69) is 15.4 Å². The van der Waals surface area contributed by atoms with E-state index in [0.717, 1.165) is 24.5 Å². The van der Waals surface area contributed by atoms with Crippen molar-refractivity contribution in [2.75, 3.05) is 26.2 Å². The van der Waals surface area contributed by atoms with Crippen molar-refractivity contribution < 1.29 is 18.8 Å². The second-order valence-electron chi connectivity index (χ2n) is 8.86. The second-order valence-corrected chi connectivity index (χ2v) is 8.86. The summed E-state index contributed by atoms with van der Waals surface area (Å²) < 4.78 is 10.4. The number of piperazine rings is 1. The van der Waals surface area contributed by atoms with Gasteiger partial charge in [0.05, 0.1) is 5.69 Å². The van der Waals surface area contributed by atoms with Gasteiger partial charge >= 0.3 is 6.09 Å². The highest BCUT2D eigenvalue weighted by molar-refractivity contribution is 5.85. The van der Waals surface area contributed by atoms with Gasteiger partial charge < -0.3 is 19.5 Å². The number of rotatable bonds is 6. The Hall–Kier alpha value is -2.09. The van der Waals surface area contributed by atoms with E-state index in [1.807, 2.05) is 31.7 Å². The molecular formula is C20H34N4O4. The van der Waals surface area contributed by atoms with Crippen molar-refractivity contribution in [1.82, 2.24) is 20.3 Å². The Balaban J connectivity index is 1.90. The van der Waals surface area contributed by atoms with Crippen molar-refractivity contribution in [3.63, 3.8) is 0 Å². The van der Waals surface area contributed by atoms with Crippen LogP contribution in [0.1, 0.15) is 52.5 Å². The van der Waals surface area contributed by atoms with Crippen LogP contribution in [0.4, 0.5) is 4.79 Å². The number of amides is 2. The van der Waals surface area contributed by atoms with Crippen LogP contribution in [0.2, 0.25) is 0 Å². The zero-order chi connectivity index (χ0) is 20.9. The van der Waals surface area contributed by atoms with Crippen LogP contribution < -0.4 is 5.32 Å². The molecule has 8 heteroatoms. The summed E-state index contributed by atoms with van der Waals surface area (Å²) in [5.74, 6) is 1.03. The SMILES string of the molecule is Cc1cc(CN2CCN(C(=O)C(CC(C)C)NC(=O)OC(C)(C)C)CC2)no1. The number of nitrogens with zero attached hydrogens (tertiary/aromatic N) is 3. The molecule has 1 aromatic heterocycles. The average molecular weight is 395 g/mol. The third-order valence-corrected chi connectivity index (χ3v) is 4.44. The first-order chi connectivity index (χ1) is 13.0. The van der Waals surface area contributed by atoms with Gasteiger partial charge in [-0.05, 0) is 40.0 Å². The van der Waals surface area contributed by atoms with Crippen molar-refractivity contribution in [3.8, 4) is 0 Å². The lowest BCUT2D eigenvalue weighted by atomic mass is 10.0. The predicted molar refractivity (Wildman–Crippen MR) is 106 cm³/mol. The molecule has 2 rings (SSSR count). The highest BCUT2D eigenvalue weighted by atomic mass is 16.6. The summed E-state index contributed by atoms with van der Waals surface area (Å²) in [7, 11) is 0. The fraction of sp³-hybridized carbons (Fsp3) is 0.750. The van der Waals surface area contributed by atoms with Crippen LogP contribution in [0.5, 0.6) is 0 Å². The summed E-state index contributed by atoms with van der Waals surface area (Å²) in [6.07, 6.45) is 0.0304. The number of aryl methyl sites for hydroxylation is 1. The molecule has 1 saturated heterocycles. The highest BCUT2D eigenvalue weighted by Gasteiger charge is 2.30. The topological polar surface area (TPSA) is 87.9 Å². The van der Waals surface area contributed by atoms with Crippen LogP contribution in [0.25, 0.3) is 0 Å². The first-order valence-electron chi connectivity index (χ1n) is 9.96. The minimum Gasteiger partial charge on any atom is -0.444 e. The Morgan fingerprint density at radius 2 is 1.89 bits per heavy atom. The summed E-state index contributed by atoms with van der Waals surface area (Å²) in [6, 6.07) is 1.36. The molecule has 1 aromatic rings. The zero-order valence-electron chi connectivity index (χ0n) is 17.9. The van der Waals surface area contributed by atoms with E-state index in [9.17, 15) is 9.59 Å². The molecule has 28 heavy (non-hydrogen) atoms. The quantitative estimate of drug-likeness (QED) is 0.798. The number of alkyl carbamates (subject to hydrolysis) is 1. The maximum absolute atomic E-state index is 13.0. The predicted octanol–water partition coefficient (Wildman–Crippen LogP) is 2.57. The zero-order valence-corrected chi connectivity index (χ0v) is 17.9. The third-order valence-electron chi connectivity index (χ3n) is 4.44. The number of carbonyl (C=O) groups is 2. The summed E-state index contributed by atoms with van der Waals surface area (Å²) in [5.41, 5.74) is 0.308. The lowest BCUT2D eigenvalue weighted by Gasteiger charge is -2.36. The van der Waals surface area contributed by atoms with Crippen LogP contribution in [-0.4, -0.2) is 64.8 Å². The van der Waals surface area contributed by atoms with Gasteiger partial charge in [-0.3, -0.25) is 9.69 Å². The standard InChI is InChI=1S/C20H34N4O4/c1-14(2)11-17(21-19(26)27-20(4,5)6)18(25)24-9-7-23(8-10-24)13-16-12-15(3)28-22-16/h12,14,17H,7-11,13H2,1-6H3,(H,21,26). The molecule has 158 valence electrons. The van der Waals surface area contributed by atoms with Crippen LogP contribution in [-0.2, 0) is 16.1 Å². The minimum atomic E-state index is -0.597. The number of aromatic nitrogens is 1. The van der Waals surface area contributed by atoms with Crippen LogP contribution in [0.3, 0.4) is 0 Å². The van der Waals surface area contributed by atoms with Crippen molar-refractivity contribution in [2.24, 2.45) is 5.92 Å². The first kappa shape index (κ1) is 22.2. The highest BCUT2D eigenvalue weighted by Crippen LogP contribution is 2.14. The van der Waals surface area contributed by atoms with Crippen LogP contribution in [0.15, 0.2) is 10.6 Å². The van der Waals surface area contributed by atoms with Crippen molar-refractivity contribution >= 4 is 12.0 Å². The maximum Gasteiger partial charge on any atom is 0.408 e. The Bertz CT molecular complexity index is 657. The molecule has 1 unspecified atom stereocenters. The van der Waals surface area contributed by atoms with Gasteiger partial charge in [0.2, 0.25) is 5.91 Å². The van der Waals surface area contributed by atoms with E-state index >= 15 is 0 Å². The lowest BCUT2D eigenvalue weighted by molar-refractivity contribution is -0.135. The number of hydrogen-bond acceptors (Lipinski definition) is 6. The maximum atomic E-state index is 13.0. The van der Waals surface area contributed by atoms with E-state index < -0.39 is 17.7 Å². The Morgan fingerprint density at radius 1 is 1.25 bits per heavy atom. The van der Waals surface area contributed by atoms with E-state index in [1.54, 1.807) is 20.8 Å². The molecular weight excluding hydrogens is 360 g/mol. The molecule has 0 aromatic carbocycles. The Morgan fingerprint density at radius 3 is 2.39 bits per heavy atom. The summed E-state index contributed by atoms with van der Waals surface area (Å²) >= 11 is 0. The number of nitrogens with one attached hydrogen (secondary N) is 1. The van der Waals surface area contributed by atoms with E-state index in [1.165, 1.54) is 0 Å². The first-order valence-corrected chi connectivity index (χ1v) is 9.96. The molecule has 1 aliphatic heterocycles. The average Bonchev–Trinajstić information content (AvgIpc) is 2.97. The van der Waals surface area contributed by atoms with Gasteiger partial charge in [0.1, 0.15) is 17.4 Å². The third kappa shape index (κ3) is 7.14. The van der Waals surface area contributed by atoms with E-state index in [4.69, 9.17) is 9.26 Å². The fourth-order valence-corrected chi connectivity index (χ4v) is 3.21. The van der Waals surface area contributed by atoms with Gasteiger partial charge in [-0.1, -0.05) is 19.0 Å². The molecule has 0 radical (unpaired) electrons. The number of carbonyl (C=O) groups excluding carboxylic acids is 2. The molecule has 1 fully saturated rings. The second kappa shape index (κ2) is 9.41. The number of hydrogen-bond donors (Lipinski definition) is 1. The molecule has 1 N–H and O–H groups in total. The van der Waals surface area contributed by atoms with E-state index in [0.29, 0.717) is 26.1 Å². The summed E-state index contributed by atoms with van der Waals surface area (Å²) in [5, 5.41) is 6.80. The van der Waals surface area contributed by atoms with Crippen molar-refractivity contribution in [1.29, 1.82) is 0 Å². The summed E-state index contributed by atoms with van der Waals surface area (Å²) in [6.45, 7) is 14.9. The van der Waals surface area contributed by atoms with Gasteiger partial charge in [0, 0.05) is 38.8 Å². The van der Waals surface area contributed by atoms with Gasteiger partial charge in [0.25, 0.3) is 0 Å². The molecule has 0 bridgehead atoms. The lowest BCUT2D eigenvalue weighted by Crippen LogP contribution is -2.55.